The van der Waals surface area contributed by atoms with Gasteiger partial charge in [0, 0.05) is 11.6 Å². The molecule has 0 spiro atoms. The molecule has 2 unspecified atom stereocenters. The third kappa shape index (κ3) is 4.79. The topological polar surface area (TPSA) is 15.3 Å². The SMILES string of the molecule is CCC1CCCN(CCC(NC)c2ccccc2F)CC1. The van der Waals surface area contributed by atoms with Crippen LogP contribution in [-0.4, -0.2) is 31.6 Å². The quantitative estimate of drug-likeness (QED) is 0.853. The van der Waals surface area contributed by atoms with Gasteiger partial charge in [-0.25, -0.2) is 4.39 Å². The summed E-state index contributed by atoms with van der Waals surface area (Å²) in [6, 6.07) is 7.23. The van der Waals surface area contributed by atoms with Crippen LogP contribution >= 0.6 is 0 Å². The van der Waals surface area contributed by atoms with Crippen LogP contribution in [0.1, 0.15) is 50.6 Å². The molecule has 1 aromatic carbocycles. The molecule has 2 nitrogen and oxygen atoms in total. The maximum Gasteiger partial charge on any atom is 0.127 e. The van der Waals surface area contributed by atoms with Crippen LogP contribution in [0.3, 0.4) is 0 Å². The second-order valence-corrected chi connectivity index (χ2v) is 6.20. The van der Waals surface area contributed by atoms with Gasteiger partial charge in [-0.2, -0.15) is 0 Å². The van der Waals surface area contributed by atoms with Gasteiger partial charge in [-0.1, -0.05) is 31.5 Å². The van der Waals surface area contributed by atoms with Gasteiger partial charge in [-0.05, 0) is 64.3 Å². The molecule has 21 heavy (non-hydrogen) atoms. The first-order valence-corrected chi connectivity index (χ1v) is 8.38. The van der Waals surface area contributed by atoms with Crippen LogP contribution in [0.25, 0.3) is 0 Å². The zero-order valence-electron chi connectivity index (χ0n) is 13.4. The Morgan fingerprint density at radius 1 is 1.29 bits per heavy atom. The highest BCUT2D eigenvalue weighted by molar-refractivity contribution is 5.21. The van der Waals surface area contributed by atoms with Crippen LogP contribution in [0, 0.1) is 11.7 Å². The van der Waals surface area contributed by atoms with E-state index in [0.29, 0.717) is 0 Å². The third-order valence-electron chi connectivity index (χ3n) is 4.88. The van der Waals surface area contributed by atoms with Gasteiger partial charge < -0.3 is 10.2 Å². The molecule has 1 fully saturated rings. The minimum atomic E-state index is -0.0984. The van der Waals surface area contributed by atoms with Gasteiger partial charge >= 0.3 is 0 Å². The van der Waals surface area contributed by atoms with Gasteiger partial charge in [0.2, 0.25) is 0 Å². The van der Waals surface area contributed by atoms with E-state index in [-0.39, 0.29) is 11.9 Å². The van der Waals surface area contributed by atoms with Crippen LogP contribution in [0.2, 0.25) is 0 Å². The zero-order chi connectivity index (χ0) is 15.1. The third-order valence-corrected chi connectivity index (χ3v) is 4.88. The van der Waals surface area contributed by atoms with Crippen molar-refractivity contribution < 1.29 is 4.39 Å². The Balaban J connectivity index is 1.87. The first kappa shape index (κ1) is 16.4. The minimum Gasteiger partial charge on any atom is -0.313 e. The largest absolute Gasteiger partial charge is 0.313 e. The second-order valence-electron chi connectivity index (χ2n) is 6.20. The number of nitrogens with zero attached hydrogens (tertiary/aromatic N) is 1. The standard InChI is InChI=1S/C18H29FN2/c1-3-15-7-6-12-21(13-10-15)14-11-18(20-2)16-8-4-5-9-17(16)19/h4-5,8-9,15,18,20H,3,6-7,10-14H2,1-2H3. The Morgan fingerprint density at radius 2 is 2.10 bits per heavy atom. The summed E-state index contributed by atoms with van der Waals surface area (Å²) in [6.45, 7) is 5.75. The summed E-state index contributed by atoms with van der Waals surface area (Å²) in [7, 11) is 1.92. The maximum absolute atomic E-state index is 13.9. The van der Waals surface area contributed by atoms with Gasteiger partial charge in [0.25, 0.3) is 0 Å². The molecule has 0 aromatic heterocycles. The van der Waals surface area contributed by atoms with Crippen LogP contribution in [0.15, 0.2) is 24.3 Å². The molecule has 1 N–H and O–H groups in total. The van der Waals surface area contributed by atoms with E-state index in [1.165, 1.54) is 38.8 Å². The Kier molecular flexibility index (Phi) is 6.65. The van der Waals surface area contributed by atoms with E-state index in [4.69, 9.17) is 0 Å². The fourth-order valence-electron chi connectivity index (χ4n) is 3.38. The Hall–Kier alpha value is -0.930. The van der Waals surface area contributed by atoms with Gasteiger partial charge in [-0.15, -0.1) is 0 Å². The van der Waals surface area contributed by atoms with Crippen molar-refractivity contribution in [3.8, 4) is 0 Å². The van der Waals surface area contributed by atoms with Crippen molar-refractivity contribution in [3.63, 3.8) is 0 Å². The first-order valence-electron chi connectivity index (χ1n) is 8.38. The summed E-state index contributed by atoms with van der Waals surface area (Å²) >= 11 is 0. The lowest BCUT2D eigenvalue weighted by Gasteiger charge is -2.24. The van der Waals surface area contributed by atoms with Crippen molar-refractivity contribution in [3.05, 3.63) is 35.6 Å². The molecule has 1 aliphatic heterocycles. The van der Waals surface area contributed by atoms with E-state index in [2.05, 4.69) is 17.1 Å². The minimum absolute atomic E-state index is 0.0984. The average Bonchev–Trinajstić information content (AvgIpc) is 2.74. The highest BCUT2D eigenvalue weighted by atomic mass is 19.1. The summed E-state index contributed by atoms with van der Waals surface area (Å²) in [5, 5.41) is 3.27. The van der Waals surface area contributed by atoms with Crippen LogP contribution in [0.5, 0.6) is 0 Å². The fraction of sp³-hybridized carbons (Fsp3) is 0.667. The van der Waals surface area contributed by atoms with E-state index in [0.717, 1.165) is 24.4 Å². The Labute approximate surface area is 128 Å². The predicted octanol–water partition coefficient (Wildman–Crippen LogP) is 3.99. The highest BCUT2D eigenvalue weighted by Gasteiger charge is 2.18. The molecule has 3 heteroatoms. The molecule has 0 aliphatic carbocycles. The molecule has 0 radical (unpaired) electrons. The van der Waals surface area contributed by atoms with Crippen LogP contribution < -0.4 is 5.32 Å². The molecule has 2 atom stereocenters. The Bertz CT molecular complexity index is 421. The van der Waals surface area contributed by atoms with Crippen LogP contribution in [-0.2, 0) is 0 Å². The predicted molar refractivity (Wildman–Crippen MR) is 86.9 cm³/mol. The van der Waals surface area contributed by atoms with E-state index in [9.17, 15) is 4.39 Å². The highest BCUT2D eigenvalue weighted by Crippen LogP contribution is 2.23. The summed E-state index contributed by atoms with van der Waals surface area (Å²) < 4.78 is 13.9. The van der Waals surface area contributed by atoms with E-state index >= 15 is 0 Å². The number of likely N-dealkylation sites (tertiary alicyclic amines) is 1. The van der Waals surface area contributed by atoms with E-state index in [1.54, 1.807) is 12.1 Å². The molecular formula is C18H29FN2. The first-order chi connectivity index (χ1) is 10.2. The lowest BCUT2D eigenvalue weighted by Crippen LogP contribution is -2.29. The molecule has 1 saturated heterocycles. The molecule has 118 valence electrons. The summed E-state index contributed by atoms with van der Waals surface area (Å²) in [4.78, 5) is 2.56. The smallest absolute Gasteiger partial charge is 0.127 e. The fourth-order valence-corrected chi connectivity index (χ4v) is 3.38. The van der Waals surface area contributed by atoms with Crippen molar-refractivity contribution in [2.24, 2.45) is 5.92 Å². The van der Waals surface area contributed by atoms with Crippen molar-refractivity contribution in [2.45, 2.75) is 45.1 Å². The lowest BCUT2D eigenvalue weighted by molar-refractivity contribution is 0.263. The number of halogens is 1. The number of hydrogen-bond donors (Lipinski definition) is 1. The molecule has 1 aliphatic rings. The Morgan fingerprint density at radius 3 is 2.81 bits per heavy atom. The summed E-state index contributed by atoms with van der Waals surface area (Å²) in [6.07, 6.45) is 6.27. The van der Waals surface area contributed by atoms with Gasteiger partial charge in [0.15, 0.2) is 0 Å². The van der Waals surface area contributed by atoms with Crippen molar-refractivity contribution in [1.82, 2.24) is 10.2 Å². The van der Waals surface area contributed by atoms with Crippen LogP contribution in [0.4, 0.5) is 4.39 Å². The molecule has 1 heterocycles. The van der Waals surface area contributed by atoms with Crippen molar-refractivity contribution >= 4 is 0 Å². The molecule has 0 amide bonds. The number of benzene rings is 1. The summed E-state index contributed by atoms with van der Waals surface area (Å²) in [5.74, 6) is 0.806. The monoisotopic (exact) mass is 292 g/mol. The molecular weight excluding hydrogens is 263 g/mol. The van der Waals surface area contributed by atoms with E-state index < -0.39 is 0 Å². The number of nitrogens with one attached hydrogen (secondary N) is 1. The van der Waals surface area contributed by atoms with Gasteiger partial charge in [0.1, 0.15) is 5.82 Å². The zero-order valence-corrected chi connectivity index (χ0v) is 13.4. The van der Waals surface area contributed by atoms with Gasteiger partial charge in [0.05, 0.1) is 0 Å². The van der Waals surface area contributed by atoms with Crippen molar-refractivity contribution in [1.29, 1.82) is 0 Å². The second kappa shape index (κ2) is 8.50. The summed E-state index contributed by atoms with van der Waals surface area (Å²) in [5.41, 5.74) is 0.793. The molecule has 2 rings (SSSR count). The molecule has 1 aromatic rings. The maximum atomic E-state index is 13.9. The molecule has 0 bridgehead atoms. The number of hydrogen-bond acceptors (Lipinski definition) is 2. The van der Waals surface area contributed by atoms with E-state index in [1.807, 2.05) is 19.2 Å². The number of rotatable bonds is 6. The molecule has 0 saturated carbocycles. The normalized spacial score (nSPS) is 22.0. The lowest BCUT2D eigenvalue weighted by atomic mass is 9.98. The average molecular weight is 292 g/mol. The van der Waals surface area contributed by atoms with Gasteiger partial charge in [-0.3, -0.25) is 0 Å². The van der Waals surface area contributed by atoms with Crippen molar-refractivity contribution in [2.75, 3.05) is 26.7 Å².